The third kappa shape index (κ3) is 7.06. The number of hydrogen-bond acceptors (Lipinski definition) is 5. The van der Waals surface area contributed by atoms with Crippen molar-refractivity contribution in [2.24, 2.45) is 11.8 Å². The lowest BCUT2D eigenvalue weighted by Gasteiger charge is -2.27. The average molecular weight is 602 g/mol. The van der Waals surface area contributed by atoms with E-state index in [1.54, 1.807) is 11.8 Å². The summed E-state index contributed by atoms with van der Waals surface area (Å²) in [5.41, 5.74) is 4.21. The minimum atomic E-state index is 0.622. The van der Waals surface area contributed by atoms with Crippen LogP contribution in [-0.4, -0.2) is 12.4 Å². The Balaban J connectivity index is 1.50. The van der Waals surface area contributed by atoms with Crippen molar-refractivity contribution >= 4 is 34.9 Å². The predicted molar refractivity (Wildman–Crippen MR) is 180 cm³/mol. The number of hydrogen-bond donors (Lipinski definition) is 1. The molecule has 0 unspecified atom stereocenters. The Morgan fingerprint density at radius 1 is 0.628 bits per heavy atom. The molecule has 0 spiro atoms. The molecule has 2 saturated carbocycles. The first-order valence-corrected chi connectivity index (χ1v) is 16.9. The van der Waals surface area contributed by atoms with Crippen LogP contribution in [-0.2, 0) is 0 Å². The summed E-state index contributed by atoms with van der Waals surface area (Å²) >= 11 is 3.64. The molecule has 0 bridgehead atoms. The molecule has 0 radical (unpaired) electrons. The molecule has 0 aromatic heterocycles. The predicted octanol–water partition coefficient (Wildman–Crippen LogP) is 11.3. The molecule has 7 rings (SSSR count). The molecule has 5 heteroatoms. The van der Waals surface area contributed by atoms with Crippen molar-refractivity contribution in [2.75, 3.05) is 17.7 Å². The first-order valence-electron chi connectivity index (χ1n) is 15.1. The van der Waals surface area contributed by atoms with Crippen LogP contribution in [0.4, 0.5) is 11.4 Å². The van der Waals surface area contributed by atoms with Gasteiger partial charge in [-0.2, -0.15) is 0 Å². The van der Waals surface area contributed by atoms with Crippen LogP contribution in [0, 0.1) is 11.8 Å². The molecule has 5 aromatic rings. The molecule has 2 aliphatic rings. The lowest BCUT2D eigenvalue weighted by Crippen LogP contribution is -2.08. The molecule has 1 N–H and O–H groups in total. The number of para-hydroxylation sites is 2. The van der Waals surface area contributed by atoms with Gasteiger partial charge < -0.3 is 14.8 Å². The number of rotatable bonds is 13. The van der Waals surface area contributed by atoms with Gasteiger partial charge >= 0.3 is 0 Å². The highest BCUT2D eigenvalue weighted by Gasteiger charge is 2.32. The van der Waals surface area contributed by atoms with Crippen molar-refractivity contribution in [3.8, 4) is 28.4 Å². The zero-order valence-electron chi connectivity index (χ0n) is 24.1. The molecule has 43 heavy (non-hydrogen) atoms. The Hall–Kier alpha value is -3.80. The van der Waals surface area contributed by atoms with Gasteiger partial charge in [0.05, 0.1) is 16.4 Å². The van der Waals surface area contributed by atoms with Crippen molar-refractivity contribution in [3.63, 3.8) is 0 Å². The lowest BCUT2D eigenvalue weighted by molar-refractivity contribution is 0.293. The molecule has 0 aliphatic heterocycles. The summed E-state index contributed by atoms with van der Waals surface area (Å²) in [5, 5.41) is 3.81. The van der Waals surface area contributed by atoms with Crippen molar-refractivity contribution in [1.29, 1.82) is 0 Å². The van der Waals surface area contributed by atoms with E-state index in [9.17, 15) is 0 Å². The number of thioether (sulfide) groups is 1. The van der Waals surface area contributed by atoms with Gasteiger partial charge in [0.25, 0.3) is 0 Å². The Kier molecular flexibility index (Phi) is 8.62. The highest BCUT2D eigenvalue weighted by Crippen LogP contribution is 2.58. The van der Waals surface area contributed by atoms with Crippen molar-refractivity contribution in [3.05, 3.63) is 121 Å². The molecule has 2 fully saturated rings. The van der Waals surface area contributed by atoms with Gasteiger partial charge in [-0.1, -0.05) is 96.7 Å². The molecular formula is C38H35NO2S2. The van der Waals surface area contributed by atoms with Gasteiger partial charge in [-0.05, 0) is 79.5 Å². The van der Waals surface area contributed by atoms with Gasteiger partial charge in [0.1, 0.15) is 11.4 Å². The van der Waals surface area contributed by atoms with Gasteiger partial charge in [-0.15, -0.1) is 11.8 Å². The van der Waals surface area contributed by atoms with E-state index in [0.29, 0.717) is 5.92 Å². The molecule has 2 aliphatic carbocycles. The van der Waals surface area contributed by atoms with Crippen LogP contribution in [0.2, 0.25) is 0 Å². The van der Waals surface area contributed by atoms with Gasteiger partial charge in [-0.3, -0.25) is 0 Å². The maximum absolute atomic E-state index is 6.97. The van der Waals surface area contributed by atoms with Crippen molar-refractivity contribution in [1.82, 2.24) is 0 Å². The summed E-state index contributed by atoms with van der Waals surface area (Å²) in [4.78, 5) is 3.31. The average Bonchev–Trinajstić information content (AvgIpc) is 3.99. The van der Waals surface area contributed by atoms with Gasteiger partial charge in [0.2, 0.25) is 0 Å². The number of nitrogens with one attached hydrogen (secondary N) is 1. The fourth-order valence-corrected chi connectivity index (χ4v) is 7.35. The highest BCUT2D eigenvalue weighted by atomic mass is 32.2. The summed E-state index contributed by atoms with van der Waals surface area (Å²) < 4.78 is 13.9. The molecule has 0 heterocycles. The van der Waals surface area contributed by atoms with Crippen LogP contribution in [0.25, 0.3) is 11.1 Å². The van der Waals surface area contributed by atoms with Gasteiger partial charge in [0, 0.05) is 21.9 Å². The normalized spacial score (nSPS) is 14.3. The zero-order valence-corrected chi connectivity index (χ0v) is 25.7. The smallest absolute Gasteiger partial charge is 0.158 e. The van der Waals surface area contributed by atoms with E-state index in [-0.39, 0.29) is 0 Å². The standard InChI is InChI=1S/C38H35NO2S2/c1-5-13-29(14-6-1)33-35(41-31-17-9-3-10-18-31)38(43-32-19-11-4-12-20-32)34(39-30-15-7-2-8-16-30)36(40-25-27-21-22-27)37(33)42-26-28-23-24-28/h1-20,27-28,39H,21-26H2. The van der Waals surface area contributed by atoms with E-state index in [2.05, 4.69) is 96.3 Å². The number of ether oxygens (including phenoxy) is 2. The summed E-state index contributed by atoms with van der Waals surface area (Å²) in [6, 6.07) is 41.8. The molecular weight excluding hydrogens is 567 g/mol. The van der Waals surface area contributed by atoms with Crippen LogP contribution >= 0.6 is 23.5 Å². The van der Waals surface area contributed by atoms with Crippen LogP contribution in [0.15, 0.2) is 136 Å². The fraction of sp³-hybridized carbons (Fsp3) is 0.211. The topological polar surface area (TPSA) is 30.5 Å². The van der Waals surface area contributed by atoms with Crippen molar-refractivity contribution < 1.29 is 9.47 Å². The third-order valence-corrected chi connectivity index (χ3v) is 10.1. The summed E-state index contributed by atoms with van der Waals surface area (Å²) in [5.74, 6) is 5.04. The monoisotopic (exact) mass is 601 g/mol. The Morgan fingerprint density at radius 3 is 1.88 bits per heavy atom. The van der Waals surface area contributed by atoms with Gasteiger partial charge in [0.15, 0.2) is 11.5 Å². The van der Waals surface area contributed by atoms with Gasteiger partial charge in [-0.25, -0.2) is 0 Å². The van der Waals surface area contributed by atoms with Crippen molar-refractivity contribution in [2.45, 2.75) is 40.4 Å². The van der Waals surface area contributed by atoms with Crippen LogP contribution < -0.4 is 14.8 Å². The highest BCUT2D eigenvalue weighted by molar-refractivity contribution is 8.00. The van der Waals surface area contributed by atoms with E-state index < -0.39 is 0 Å². The first-order chi connectivity index (χ1) is 21.3. The zero-order chi connectivity index (χ0) is 28.8. The quantitative estimate of drug-likeness (QED) is 0.136. The molecule has 0 atom stereocenters. The second-order valence-corrected chi connectivity index (χ2v) is 13.4. The first kappa shape index (κ1) is 28.0. The SMILES string of the molecule is c1ccc(Nc2c(OCC3CC3)c(SCC3CC3)c(-c3ccccc3)c(Oc3ccccc3)c2Sc2ccccc2)cc1. The molecule has 3 nitrogen and oxygen atoms in total. The summed E-state index contributed by atoms with van der Waals surface area (Å²) in [6.07, 6.45) is 5.07. The summed E-state index contributed by atoms with van der Waals surface area (Å²) in [6.45, 7) is 0.725. The molecule has 0 amide bonds. The summed E-state index contributed by atoms with van der Waals surface area (Å²) in [7, 11) is 0. The molecule has 5 aromatic carbocycles. The maximum atomic E-state index is 6.97. The van der Waals surface area contributed by atoms with E-state index in [0.717, 1.165) is 72.7 Å². The Morgan fingerprint density at radius 2 is 1.23 bits per heavy atom. The maximum Gasteiger partial charge on any atom is 0.158 e. The fourth-order valence-electron chi connectivity index (χ4n) is 4.96. The largest absolute Gasteiger partial charge is 0.490 e. The number of anilines is 2. The lowest BCUT2D eigenvalue weighted by atomic mass is 10.0. The minimum absolute atomic E-state index is 0.622. The van der Waals surface area contributed by atoms with Crippen LogP contribution in [0.1, 0.15) is 25.7 Å². The molecule has 0 saturated heterocycles. The van der Waals surface area contributed by atoms with E-state index in [1.807, 2.05) is 42.1 Å². The van der Waals surface area contributed by atoms with Crippen LogP contribution in [0.5, 0.6) is 17.2 Å². The second kappa shape index (κ2) is 13.2. The Bertz CT molecular complexity index is 1640. The second-order valence-electron chi connectivity index (χ2n) is 11.3. The minimum Gasteiger partial charge on any atom is -0.490 e. The molecule has 216 valence electrons. The van der Waals surface area contributed by atoms with E-state index in [4.69, 9.17) is 9.47 Å². The van der Waals surface area contributed by atoms with E-state index >= 15 is 0 Å². The van der Waals surface area contributed by atoms with E-state index in [1.165, 1.54) is 25.7 Å². The Labute approximate surface area is 263 Å². The third-order valence-electron chi connectivity index (χ3n) is 7.67. The number of benzene rings is 5. The van der Waals surface area contributed by atoms with Crippen LogP contribution in [0.3, 0.4) is 0 Å².